The van der Waals surface area contributed by atoms with Gasteiger partial charge in [-0.25, -0.2) is 9.82 Å². The van der Waals surface area contributed by atoms with Gasteiger partial charge in [0.05, 0.1) is 12.8 Å². The summed E-state index contributed by atoms with van der Waals surface area (Å²) in [6.45, 7) is -0.239. The summed E-state index contributed by atoms with van der Waals surface area (Å²) in [5.74, 6) is -1.49. The van der Waals surface area contributed by atoms with E-state index in [-0.39, 0.29) is 12.1 Å². The molecule has 0 bridgehead atoms. The van der Waals surface area contributed by atoms with Crippen LogP contribution >= 0.6 is 11.3 Å². The Kier molecular flexibility index (Phi) is 5.16. The highest BCUT2D eigenvalue weighted by Gasteiger charge is 2.08. The molecule has 0 spiro atoms. The lowest BCUT2D eigenvalue weighted by molar-refractivity contribution is -0.120. The summed E-state index contributed by atoms with van der Waals surface area (Å²) < 4.78 is 13.0. The van der Waals surface area contributed by atoms with E-state index >= 15 is 0 Å². The summed E-state index contributed by atoms with van der Waals surface area (Å²) in [5.41, 5.74) is 2.44. The van der Waals surface area contributed by atoms with Gasteiger partial charge in [0, 0.05) is 10.4 Å². The lowest BCUT2D eigenvalue weighted by Crippen LogP contribution is -2.34. The van der Waals surface area contributed by atoms with Crippen LogP contribution in [0.3, 0.4) is 0 Å². The van der Waals surface area contributed by atoms with Crippen molar-refractivity contribution >= 4 is 29.4 Å². The van der Waals surface area contributed by atoms with Gasteiger partial charge < -0.3 is 5.32 Å². The molecule has 0 atom stereocenters. The molecule has 2 rings (SSSR count). The van der Waals surface area contributed by atoms with E-state index in [2.05, 4.69) is 15.8 Å². The molecule has 21 heavy (non-hydrogen) atoms. The second-order valence-electron chi connectivity index (χ2n) is 4.00. The first kappa shape index (κ1) is 14.9. The van der Waals surface area contributed by atoms with Crippen LogP contribution in [0.25, 0.3) is 0 Å². The molecule has 0 aliphatic heterocycles. The summed E-state index contributed by atoms with van der Waals surface area (Å²) >= 11 is 1.49. The molecule has 0 fully saturated rings. The molecule has 7 heteroatoms. The first-order chi connectivity index (χ1) is 10.1. The van der Waals surface area contributed by atoms with Crippen LogP contribution in [0, 0.1) is 5.82 Å². The molecule has 0 aliphatic rings. The molecular formula is C14H12FN3O2S. The topological polar surface area (TPSA) is 70.6 Å². The summed E-state index contributed by atoms with van der Waals surface area (Å²) in [4.78, 5) is 24.0. The summed E-state index contributed by atoms with van der Waals surface area (Å²) in [6, 6.07) is 8.95. The Balaban J connectivity index is 1.77. The van der Waals surface area contributed by atoms with Crippen LogP contribution in [0.4, 0.5) is 4.39 Å². The van der Waals surface area contributed by atoms with Gasteiger partial charge in [-0.2, -0.15) is 5.10 Å². The first-order valence-corrected chi connectivity index (χ1v) is 6.92. The maximum atomic E-state index is 13.0. The number of hydrogen-bond donors (Lipinski definition) is 2. The maximum absolute atomic E-state index is 13.0. The molecule has 0 unspecified atom stereocenters. The maximum Gasteiger partial charge on any atom is 0.259 e. The Bertz CT molecular complexity index is 656. The summed E-state index contributed by atoms with van der Waals surface area (Å²) in [6.07, 6.45) is 1.51. The minimum atomic E-state index is -0.521. The number of rotatable bonds is 5. The van der Waals surface area contributed by atoms with Crippen molar-refractivity contribution in [1.82, 2.24) is 10.7 Å². The van der Waals surface area contributed by atoms with Gasteiger partial charge >= 0.3 is 0 Å². The van der Waals surface area contributed by atoms with Crippen molar-refractivity contribution in [2.45, 2.75) is 0 Å². The lowest BCUT2D eigenvalue weighted by atomic mass is 10.2. The molecule has 0 saturated heterocycles. The fourth-order valence-electron chi connectivity index (χ4n) is 1.46. The fourth-order valence-corrected chi connectivity index (χ4v) is 2.05. The van der Waals surface area contributed by atoms with E-state index in [1.54, 1.807) is 0 Å². The van der Waals surface area contributed by atoms with Gasteiger partial charge in [-0.3, -0.25) is 9.59 Å². The van der Waals surface area contributed by atoms with Crippen molar-refractivity contribution in [2.75, 3.05) is 6.54 Å². The van der Waals surface area contributed by atoms with Crippen molar-refractivity contribution in [3.05, 3.63) is 58.0 Å². The van der Waals surface area contributed by atoms with E-state index in [4.69, 9.17) is 0 Å². The zero-order chi connectivity index (χ0) is 15.1. The average molecular weight is 305 g/mol. The van der Waals surface area contributed by atoms with E-state index in [0.29, 0.717) is 0 Å². The molecule has 0 aliphatic carbocycles. The average Bonchev–Trinajstić information content (AvgIpc) is 2.98. The van der Waals surface area contributed by atoms with Crippen LogP contribution in [0.5, 0.6) is 0 Å². The Labute approximate surface area is 124 Å². The van der Waals surface area contributed by atoms with Crippen molar-refractivity contribution in [2.24, 2.45) is 5.10 Å². The molecule has 1 heterocycles. The molecular weight excluding hydrogens is 293 g/mol. The molecule has 5 nitrogen and oxygen atoms in total. The van der Waals surface area contributed by atoms with Crippen LogP contribution < -0.4 is 10.7 Å². The van der Waals surface area contributed by atoms with E-state index < -0.39 is 17.6 Å². The number of amides is 2. The van der Waals surface area contributed by atoms with Crippen LogP contribution in [-0.4, -0.2) is 24.6 Å². The van der Waals surface area contributed by atoms with Gasteiger partial charge in [0.2, 0.25) is 0 Å². The Hall–Kier alpha value is -2.54. The number of nitrogens with one attached hydrogen (secondary N) is 2. The third kappa shape index (κ3) is 4.81. The normalized spacial score (nSPS) is 10.5. The highest BCUT2D eigenvalue weighted by molar-refractivity contribution is 7.11. The van der Waals surface area contributed by atoms with Crippen molar-refractivity contribution < 1.29 is 14.0 Å². The van der Waals surface area contributed by atoms with Crippen molar-refractivity contribution in [3.63, 3.8) is 0 Å². The van der Waals surface area contributed by atoms with Gasteiger partial charge in [0.1, 0.15) is 5.82 Å². The Morgan fingerprint density at radius 1 is 1.29 bits per heavy atom. The van der Waals surface area contributed by atoms with Crippen LogP contribution in [-0.2, 0) is 4.79 Å². The minimum absolute atomic E-state index is 0.157. The summed E-state index contributed by atoms with van der Waals surface area (Å²) in [5, 5.41) is 8.03. The molecule has 0 saturated carbocycles. The number of thiophene rings is 1. The molecule has 108 valence electrons. The van der Waals surface area contributed by atoms with Crippen LogP contribution in [0.1, 0.15) is 15.2 Å². The quantitative estimate of drug-likeness (QED) is 0.653. The van der Waals surface area contributed by atoms with E-state index in [9.17, 15) is 14.0 Å². The van der Waals surface area contributed by atoms with Gasteiger partial charge in [0.25, 0.3) is 11.8 Å². The van der Waals surface area contributed by atoms with Crippen molar-refractivity contribution in [1.29, 1.82) is 0 Å². The predicted molar refractivity (Wildman–Crippen MR) is 78.8 cm³/mol. The fraction of sp³-hybridized carbons (Fsp3) is 0.0714. The minimum Gasteiger partial charge on any atom is -0.343 e. The number of hydrazone groups is 1. The molecule has 2 amide bonds. The first-order valence-electron chi connectivity index (χ1n) is 6.04. The van der Waals surface area contributed by atoms with Crippen LogP contribution in [0.2, 0.25) is 0 Å². The largest absolute Gasteiger partial charge is 0.343 e. The predicted octanol–water partition coefficient (Wildman–Crippen LogP) is 1.77. The Morgan fingerprint density at radius 3 is 2.86 bits per heavy atom. The van der Waals surface area contributed by atoms with Crippen molar-refractivity contribution in [3.8, 4) is 0 Å². The zero-order valence-corrected chi connectivity index (χ0v) is 11.7. The monoisotopic (exact) mass is 305 g/mol. The standard InChI is InChI=1S/C14H12FN3O2S/c15-11-4-1-3-10(7-11)14(20)16-9-13(19)18-17-8-12-5-2-6-21-12/h1-8H,9H2,(H,16,20)(H,18,19)/b17-8-. The second-order valence-corrected chi connectivity index (χ2v) is 4.98. The molecule has 2 aromatic rings. The number of nitrogens with zero attached hydrogens (tertiary/aromatic N) is 1. The lowest BCUT2D eigenvalue weighted by Gasteiger charge is -2.04. The number of benzene rings is 1. The van der Waals surface area contributed by atoms with Gasteiger partial charge in [-0.05, 0) is 29.6 Å². The highest BCUT2D eigenvalue weighted by atomic mass is 32.1. The van der Waals surface area contributed by atoms with Gasteiger partial charge in [0.15, 0.2) is 0 Å². The number of hydrogen-bond acceptors (Lipinski definition) is 4. The Morgan fingerprint density at radius 2 is 2.14 bits per heavy atom. The number of carbonyl (C=O) groups is 2. The molecule has 1 aromatic carbocycles. The number of carbonyl (C=O) groups excluding carboxylic acids is 2. The zero-order valence-electron chi connectivity index (χ0n) is 10.9. The highest BCUT2D eigenvalue weighted by Crippen LogP contribution is 2.04. The molecule has 0 radical (unpaired) electrons. The van der Waals surface area contributed by atoms with Gasteiger partial charge in [-0.1, -0.05) is 12.1 Å². The second kappa shape index (κ2) is 7.30. The molecule has 2 N–H and O–H groups in total. The smallest absolute Gasteiger partial charge is 0.259 e. The van der Waals surface area contributed by atoms with E-state index in [1.807, 2.05) is 17.5 Å². The van der Waals surface area contributed by atoms with Gasteiger partial charge in [-0.15, -0.1) is 11.3 Å². The SMILES string of the molecule is O=C(CNC(=O)c1cccc(F)c1)N/N=C\c1cccs1. The van der Waals surface area contributed by atoms with E-state index in [1.165, 1.54) is 35.8 Å². The third-order valence-corrected chi connectivity index (χ3v) is 3.23. The van der Waals surface area contributed by atoms with E-state index in [0.717, 1.165) is 10.9 Å². The summed E-state index contributed by atoms with van der Waals surface area (Å²) in [7, 11) is 0. The number of halogens is 1. The van der Waals surface area contributed by atoms with Crippen LogP contribution in [0.15, 0.2) is 46.9 Å². The third-order valence-electron chi connectivity index (χ3n) is 2.42. The molecule has 1 aromatic heterocycles.